The van der Waals surface area contributed by atoms with Crippen LogP contribution in [0.5, 0.6) is 0 Å². The molecule has 0 fully saturated rings. The summed E-state index contributed by atoms with van der Waals surface area (Å²) in [6, 6.07) is 20.1. The Kier molecular flexibility index (Phi) is 8.09. The van der Waals surface area contributed by atoms with Crippen LogP contribution in [0.4, 0.5) is 5.69 Å². The van der Waals surface area contributed by atoms with E-state index >= 15 is 0 Å². The standard InChI is InChI=1S/C31H29ClN2O5S/c1-3-38-30(36)25-21(23-14-9-15-40-23)17-22-26(28(25)35)24(18-10-8-11-19(32)16-18)27(31(37)39-4-2)29(33)34(22)20-12-6-5-7-13-20/h5-16,21,24-25H,3-4,17,33H2,1-2H3/t21-,24+,25+/m0/s1. The number of carbonyl (C=O) groups is 3. The Morgan fingerprint density at radius 1 is 1.02 bits per heavy atom. The lowest BCUT2D eigenvalue weighted by atomic mass is 9.68. The molecule has 1 aromatic heterocycles. The first-order chi connectivity index (χ1) is 19.4. The van der Waals surface area contributed by atoms with Gasteiger partial charge in [-0.15, -0.1) is 11.3 Å². The number of nitrogens with two attached hydrogens (primary N) is 1. The van der Waals surface area contributed by atoms with Crippen LogP contribution in [0.25, 0.3) is 0 Å². The van der Waals surface area contributed by atoms with Gasteiger partial charge in [-0.3, -0.25) is 14.5 Å². The Bertz CT molecular complexity index is 1500. The molecule has 0 unspecified atom stereocenters. The highest BCUT2D eigenvalue weighted by Gasteiger charge is 2.51. The summed E-state index contributed by atoms with van der Waals surface area (Å²) >= 11 is 7.87. The van der Waals surface area contributed by atoms with E-state index in [0.29, 0.717) is 34.0 Å². The minimum Gasteiger partial charge on any atom is -0.465 e. The van der Waals surface area contributed by atoms with Gasteiger partial charge in [-0.2, -0.15) is 0 Å². The molecule has 0 amide bonds. The zero-order chi connectivity index (χ0) is 28.4. The minimum absolute atomic E-state index is 0.120. The van der Waals surface area contributed by atoms with Crippen molar-refractivity contribution in [1.29, 1.82) is 0 Å². The smallest absolute Gasteiger partial charge is 0.338 e. The summed E-state index contributed by atoms with van der Waals surface area (Å²) < 4.78 is 10.9. The second-order valence-electron chi connectivity index (χ2n) is 9.46. The van der Waals surface area contributed by atoms with E-state index in [0.717, 1.165) is 4.88 Å². The quantitative estimate of drug-likeness (QED) is 0.275. The molecular weight excluding hydrogens is 548 g/mol. The molecule has 5 rings (SSSR count). The third kappa shape index (κ3) is 4.93. The molecule has 0 spiro atoms. The summed E-state index contributed by atoms with van der Waals surface area (Å²) in [5, 5.41) is 2.36. The number of halogens is 1. The number of anilines is 1. The Morgan fingerprint density at radius 3 is 2.42 bits per heavy atom. The van der Waals surface area contributed by atoms with Gasteiger partial charge in [-0.1, -0.05) is 48.0 Å². The van der Waals surface area contributed by atoms with Gasteiger partial charge in [-0.25, -0.2) is 4.79 Å². The Balaban J connectivity index is 1.81. The summed E-state index contributed by atoms with van der Waals surface area (Å²) in [5.41, 5.74) is 9.20. The predicted molar refractivity (Wildman–Crippen MR) is 155 cm³/mol. The first-order valence-corrected chi connectivity index (χ1v) is 14.4. The number of hydrogen-bond acceptors (Lipinski definition) is 8. The van der Waals surface area contributed by atoms with Crippen molar-refractivity contribution in [3.05, 3.63) is 110 Å². The van der Waals surface area contributed by atoms with Crippen molar-refractivity contribution >= 4 is 46.3 Å². The summed E-state index contributed by atoms with van der Waals surface area (Å²) in [6.45, 7) is 3.68. The van der Waals surface area contributed by atoms with Gasteiger partial charge in [0, 0.05) is 32.8 Å². The average molecular weight is 577 g/mol. The van der Waals surface area contributed by atoms with Crippen LogP contribution in [0.1, 0.15) is 42.5 Å². The van der Waals surface area contributed by atoms with Crippen molar-refractivity contribution in [2.45, 2.75) is 32.1 Å². The van der Waals surface area contributed by atoms with Gasteiger partial charge in [-0.05, 0) is 61.5 Å². The van der Waals surface area contributed by atoms with E-state index in [1.54, 1.807) is 43.0 Å². The van der Waals surface area contributed by atoms with Gasteiger partial charge in [0.05, 0.1) is 24.7 Å². The van der Waals surface area contributed by atoms with Crippen molar-refractivity contribution in [1.82, 2.24) is 0 Å². The topological polar surface area (TPSA) is 98.9 Å². The fourth-order valence-corrected chi connectivity index (χ4v) is 6.66. The zero-order valence-corrected chi connectivity index (χ0v) is 23.7. The number of carbonyl (C=O) groups excluding carboxylic acids is 3. The van der Waals surface area contributed by atoms with Gasteiger partial charge in [0.25, 0.3) is 0 Å². The molecule has 7 nitrogen and oxygen atoms in total. The molecule has 0 radical (unpaired) electrons. The van der Waals surface area contributed by atoms with E-state index in [4.69, 9.17) is 26.8 Å². The van der Waals surface area contributed by atoms with E-state index < -0.39 is 35.5 Å². The Hall–Kier alpha value is -3.88. The van der Waals surface area contributed by atoms with Crippen molar-refractivity contribution < 1.29 is 23.9 Å². The number of hydrogen-bond donors (Lipinski definition) is 1. The van der Waals surface area contributed by atoms with Crippen LogP contribution in [0.2, 0.25) is 5.02 Å². The number of benzene rings is 2. The maximum atomic E-state index is 14.6. The largest absolute Gasteiger partial charge is 0.465 e. The molecule has 0 saturated carbocycles. The first-order valence-electron chi connectivity index (χ1n) is 13.1. The SMILES string of the molecule is CCOC(=O)C1=C(N)N(c2ccccc2)C2=C(C(=O)[C@H](C(=O)OCC)[C@H](c3cccs3)C2)[C@H]1c1cccc(Cl)c1. The molecule has 2 aliphatic rings. The second-order valence-corrected chi connectivity index (χ2v) is 10.9. The molecule has 3 aromatic rings. The lowest BCUT2D eigenvalue weighted by Crippen LogP contribution is -2.46. The third-order valence-corrected chi connectivity index (χ3v) is 8.42. The van der Waals surface area contributed by atoms with Crippen LogP contribution >= 0.6 is 22.9 Å². The van der Waals surface area contributed by atoms with Crippen molar-refractivity contribution in [2.24, 2.45) is 11.7 Å². The van der Waals surface area contributed by atoms with Crippen LogP contribution in [0, 0.1) is 5.92 Å². The van der Waals surface area contributed by atoms with Crippen LogP contribution in [0.15, 0.2) is 94.8 Å². The number of para-hydroxylation sites is 1. The van der Waals surface area contributed by atoms with Crippen molar-refractivity contribution in [2.75, 3.05) is 18.1 Å². The Morgan fingerprint density at radius 2 is 1.77 bits per heavy atom. The number of ketones is 1. The van der Waals surface area contributed by atoms with Gasteiger partial charge in [0.1, 0.15) is 11.7 Å². The van der Waals surface area contributed by atoms with E-state index in [9.17, 15) is 14.4 Å². The average Bonchev–Trinajstić information content (AvgIpc) is 3.48. The summed E-state index contributed by atoms with van der Waals surface area (Å²) in [5.74, 6) is -3.90. The lowest BCUT2D eigenvalue weighted by molar-refractivity contribution is -0.152. The van der Waals surface area contributed by atoms with Gasteiger partial charge in [0.15, 0.2) is 5.78 Å². The molecule has 9 heteroatoms. The van der Waals surface area contributed by atoms with Gasteiger partial charge < -0.3 is 15.2 Å². The number of ether oxygens (including phenoxy) is 2. The molecule has 2 aromatic carbocycles. The number of esters is 2. The molecular formula is C31H29ClN2O5S. The number of rotatable bonds is 7. The van der Waals surface area contributed by atoms with E-state index in [1.165, 1.54) is 11.3 Å². The summed E-state index contributed by atoms with van der Waals surface area (Å²) in [7, 11) is 0. The molecule has 1 aliphatic carbocycles. The van der Waals surface area contributed by atoms with E-state index in [-0.39, 0.29) is 24.6 Å². The molecule has 206 valence electrons. The number of allylic oxidation sites excluding steroid dienone is 2. The minimum atomic E-state index is -1.08. The number of Topliss-reactive ketones (excluding diaryl/α,β-unsaturated/α-hetero) is 1. The Labute approximate surface area is 241 Å². The summed E-state index contributed by atoms with van der Waals surface area (Å²) in [6.07, 6.45) is 0.327. The first kappa shape index (κ1) is 27.7. The molecule has 0 bridgehead atoms. The molecule has 1 aliphatic heterocycles. The van der Waals surface area contributed by atoms with Crippen LogP contribution in [-0.2, 0) is 23.9 Å². The van der Waals surface area contributed by atoms with Crippen LogP contribution in [-0.4, -0.2) is 30.9 Å². The fourth-order valence-electron chi connectivity index (χ4n) is 5.60. The number of thiophene rings is 1. The van der Waals surface area contributed by atoms with Gasteiger partial charge in [0.2, 0.25) is 0 Å². The molecule has 2 N–H and O–H groups in total. The van der Waals surface area contributed by atoms with E-state index in [1.807, 2.05) is 47.8 Å². The van der Waals surface area contributed by atoms with Crippen LogP contribution < -0.4 is 10.6 Å². The zero-order valence-electron chi connectivity index (χ0n) is 22.1. The molecule has 3 atom stereocenters. The normalized spacial score (nSPS) is 20.8. The highest BCUT2D eigenvalue weighted by Crippen LogP contribution is 2.52. The maximum Gasteiger partial charge on any atom is 0.338 e. The molecule has 40 heavy (non-hydrogen) atoms. The monoisotopic (exact) mass is 576 g/mol. The number of nitrogens with zero attached hydrogens (tertiary/aromatic N) is 1. The van der Waals surface area contributed by atoms with Crippen LogP contribution in [0.3, 0.4) is 0 Å². The highest BCUT2D eigenvalue weighted by atomic mass is 35.5. The fraction of sp³-hybridized carbons (Fsp3) is 0.258. The molecule has 2 heterocycles. The lowest BCUT2D eigenvalue weighted by Gasteiger charge is -2.43. The maximum absolute atomic E-state index is 14.6. The third-order valence-electron chi connectivity index (χ3n) is 7.18. The predicted octanol–water partition coefficient (Wildman–Crippen LogP) is 5.93. The van der Waals surface area contributed by atoms with E-state index in [2.05, 4.69) is 0 Å². The van der Waals surface area contributed by atoms with Crippen molar-refractivity contribution in [3.8, 4) is 0 Å². The molecule has 0 saturated heterocycles. The van der Waals surface area contributed by atoms with Gasteiger partial charge >= 0.3 is 11.9 Å². The summed E-state index contributed by atoms with van der Waals surface area (Å²) in [4.78, 5) is 44.2. The van der Waals surface area contributed by atoms with Crippen molar-refractivity contribution in [3.63, 3.8) is 0 Å². The highest BCUT2D eigenvalue weighted by molar-refractivity contribution is 7.10. The second kappa shape index (κ2) is 11.7.